The third kappa shape index (κ3) is 5.87. The molecule has 0 heterocycles. The number of rotatable bonds is 7. The van der Waals surface area contributed by atoms with E-state index in [0.717, 1.165) is 11.1 Å². The molecular formula is C19H26ClFN2O. The van der Waals surface area contributed by atoms with Gasteiger partial charge in [-0.15, -0.1) is 12.4 Å². The lowest BCUT2D eigenvalue weighted by Gasteiger charge is -2.30. The molecule has 0 spiro atoms. The molecule has 132 valence electrons. The van der Waals surface area contributed by atoms with E-state index in [4.69, 9.17) is 5.73 Å². The summed E-state index contributed by atoms with van der Waals surface area (Å²) in [5.41, 5.74) is 7.79. The van der Waals surface area contributed by atoms with E-state index >= 15 is 0 Å². The summed E-state index contributed by atoms with van der Waals surface area (Å²) in [6, 6.07) is 15.9. The molecule has 2 rings (SSSR count). The lowest BCUT2D eigenvalue weighted by atomic mass is 9.93. The van der Waals surface area contributed by atoms with Crippen molar-refractivity contribution < 1.29 is 9.50 Å². The van der Waals surface area contributed by atoms with Gasteiger partial charge in [0.25, 0.3) is 0 Å². The Hall–Kier alpha value is -1.46. The van der Waals surface area contributed by atoms with Gasteiger partial charge in [0.2, 0.25) is 0 Å². The summed E-state index contributed by atoms with van der Waals surface area (Å²) in [4.78, 5) is 0. The number of halogens is 2. The Morgan fingerprint density at radius 3 is 2.25 bits per heavy atom. The average molecular weight is 353 g/mol. The molecule has 2 aromatic rings. The molecule has 0 saturated carbocycles. The Morgan fingerprint density at radius 2 is 1.67 bits per heavy atom. The molecule has 24 heavy (non-hydrogen) atoms. The monoisotopic (exact) mass is 352 g/mol. The van der Waals surface area contributed by atoms with Crippen LogP contribution in [0.1, 0.15) is 25.0 Å². The van der Waals surface area contributed by atoms with Gasteiger partial charge in [0.1, 0.15) is 5.82 Å². The van der Waals surface area contributed by atoms with Crippen molar-refractivity contribution in [2.45, 2.75) is 38.0 Å². The molecule has 0 saturated heterocycles. The highest BCUT2D eigenvalue weighted by Crippen LogP contribution is 2.20. The van der Waals surface area contributed by atoms with Crippen LogP contribution in [-0.2, 0) is 12.0 Å². The van der Waals surface area contributed by atoms with Gasteiger partial charge in [-0.1, -0.05) is 42.5 Å². The maximum atomic E-state index is 13.0. The first-order valence-electron chi connectivity index (χ1n) is 7.87. The van der Waals surface area contributed by atoms with Crippen LogP contribution in [0.5, 0.6) is 0 Å². The van der Waals surface area contributed by atoms with Gasteiger partial charge in [0.05, 0.1) is 6.10 Å². The second kappa shape index (κ2) is 9.14. The molecule has 0 aliphatic heterocycles. The summed E-state index contributed by atoms with van der Waals surface area (Å²) < 4.78 is 13.0. The minimum atomic E-state index is -0.657. The van der Waals surface area contributed by atoms with Crippen LogP contribution >= 0.6 is 12.4 Å². The van der Waals surface area contributed by atoms with E-state index < -0.39 is 6.10 Å². The van der Waals surface area contributed by atoms with Gasteiger partial charge in [-0.05, 0) is 43.5 Å². The molecule has 0 aliphatic rings. The maximum absolute atomic E-state index is 13.0. The van der Waals surface area contributed by atoms with Crippen molar-refractivity contribution in [3.63, 3.8) is 0 Å². The zero-order valence-corrected chi connectivity index (χ0v) is 14.9. The van der Waals surface area contributed by atoms with Gasteiger partial charge < -0.3 is 16.2 Å². The van der Waals surface area contributed by atoms with Crippen LogP contribution in [0.2, 0.25) is 0 Å². The van der Waals surface area contributed by atoms with Crippen molar-refractivity contribution in [3.8, 4) is 0 Å². The van der Waals surface area contributed by atoms with Gasteiger partial charge in [-0.25, -0.2) is 4.39 Å². The maximum Gasteiger partial charge on any atom is 0.123 e. The third-order valence-corrected chi connectivity index (χ3v) is 4.13. The highest BCUT2D eigenvalue weighted by atomic mass is 35.5. The lowest BCUT2D eigenvalue weighted by molar-refractivity contribution is 0.131. The molecule has 2 aromatic carbocycles. The highest BCUT2D eigenvalue weighted by Gasteiger charge is 2.23. The first-order chi connectivity index (χ1) is 10.9. The minimum absolute atomic E-state index is 0. The minimum Gasteiger partial charge on any atom is -0.390 e. The van der Waals surface area contributed by atoms with Gasteiger partial charge in [-0.3, -0.25) is 0 Å². The average Bonchev–Trinajstić information content (AvgIpc) is 2.54. The van der Waals surface area contributed by atoms with E-state index in [1.807, 2.05) is 44.2 Å². The molecule has 0 aromatic heterocycles. The first kappa shape index (κ1) is 20.6. The number of hydrogen-bond donors (Lipinski definition) is 3. The molecule has 0 bridgehead atoms. The largest absolute Gasteiger partial charge is 0.390 e. The molecular weight excluding hydrogens is 327 g/mol. The predicted molar refractivity (Wildman–Crippen MR) is 98.8 cm³/mol. The van der Waals surface area contributed by atoms with E-state index in [9.17, 15) is 9.50 Å². The SMILES string of the molecule is CC(C)(NC[C@@H](O)[C@@H](N)Cc1ccccc1)c1ccc(F)cc1.Cl. The Morgan fingerprint density at radius 1 is 1.08 bits per heavy atom. The smallest absolute Gasteiger partial charge is 0.123 e. The number of nitrogens with two attached hydrogens (primary N) is 1. The molecule has 5 heteroatoms. The Kier molecular flexibility index (Phi) is 7.84. The number of benzene rings is 2. The van der Waals surface area contributed by atoms with Crippen LogP contribution in [0.3, 0.4) is 0 Å². The summed E-state index contributed by atoms with van der Waals surface area (Å²) in [5.74, 6) is -0.255. The van der Waals surface area contributed by atoms with Crippen LogP contribution in [0.25, 0.3) is 0 Å². The normalized spacial score (nSPS) is 13.9. The summed E-state index contributed by atoms with van der Waals surface area (Å²) in [5, 5.41) is 13.6. The van der Waals surface area contributed by atoms with Crippen LogP contribution < -0.4 is 11.1 Å². The van der Waals surface area contributed by atoms with Crippen molar-refractivity contribution in [1.29, 1.82) is 0 Å². The fourth-order valence-electron chi connectivity index (χ4n) is 2.50. The topological polar surface area (TPSA) is 58.3 Å². The van der Waals surface area contributed by atoms with Gasteiger partial charge in [-0.2, -0.15) is 0 Å². The zero-order valence-electron chi connectivity index (χ0n) is 14.1. The second-order valence-corrected chi connectivity index (χ2v) is 6.43. The fourth-order valence-corrected chi connectivity index (χ4v) is 2.50. The Labute approximate surface area is 149 Å². The summed E-state index contributed by atoms with van der Waals surface area (Å²) in [6.07, 6.45) is -0.0318. The molecule has 2 atom stereocenters. The molecule has 3 nitrogen and oxygen atoms in total. The van der Waals surface area contributed by atoms with Gasteiger partial charge in [0.15, 0.2) is 0 Å². The van der Waals surface area contributed by atoms with Gasteiger partial charge in [0, 0.05) is 18.1 Å². The molecule has 0 aliphatic carbocycles. The van der Waals surface area contributed by atoms with Crippen LogP contribution in [0, 0.1) is 5.82 Å². The summed E-state index contributed by atoms with van der Waals surface area (Å²) >= 11 is 0. The van der Waals surface area contributed by atoms with Crippen molar-refractivity contribution in [1.82, 2.24) is 5.32 Å². The Balaban J connectivity index is 0.00000288. The van der Waals surface area contributed by atoms with E-state index in [-0.39, 0.29) is 29.8 Å². The molecule has 4 N–H and O–H groups in total. The van der Waals surface area contributed by atoms with Crippen molar-refractivity contribution in [3.05, 3.63) is 71.5 Å². The first-order valence-corrected chi connectivity index (χ1v) is 7.87. The number of hydrogen-bond acceptors (Lipinski definition) is 3. The number of nitrogens with one attached hydrogen (secondary N) is 1. The molecule has 0 unspecified atom stereocenters. The van der Waals surface area contributed by atoms with Crippen LogP contribution in [0.15, 0.2) is 54.6 Å². The summed E-state index contributed by atoms with van der Waals surface area (Å²) in [7, 11) is 0. The van der Waals surface area contributed by atoms with Crippen LogP contribution in [-0.4, -0.2) is 23.8 Å². The highest BCUT2D eigenvalue weighted by molar-refractivity contribution is 5.85. The molecule has 0 radical (unpaired) electrons. The predicted octanol–water partition coefficient (Wildman–Crippen LogP) is 3.00. The zero-order chi connectivity index (χ0) is 16.9. The lowest BCUT2D eigenvalue weighted by Crippen LogP contribution is -2.48. The molecule has 0 fully saturated rings. The standard InChI is InChI=1S/C19H25FN2O.ClH/c1-19(2,15-8-10-16(20)11-9-15)22-13-18(23)17(21)12-14-6-4-3-5-7-14;/h3-11,17-18,22-23H,12-13,21H2,1-2H3;1H/t17-,18+;/m0./s1. The number of aliphatic hydroxyl groups is 1. The van der Waals surface area contributed by atoms with E-state index in [1.54, 1.807) is 12.1 Å². The molecule has 0 amide bonds. The third-order valence-electron chi connectivity index (χ3n) is 4.13. The Bertz CT molecular complexity index is 605. The van der Waals surface area contributed by atoms with Gasteiger partial charge >= 0.3 is 0 Å². The van der Waals surface area contributed by atoms with Crippen molar-refractivity contribution in [2.24, 2.45) is 5.73 Å². The fraction of sp³-hybridized carbons (Fsp3) is 0.368. The van der Waals surface area contributed by atoms with E-state index in [2.05, 4.69) is 5.32 Å². The number of aliphatic hydroxyl groups excluding tert-OH is 1. The van der Waals surface area contributed by atoms with Crippen LogP contribution in [0.4, 0.5) is 4.39 Å². The summed E-state index contributed by atoms with van der Waals surface area (Å²) in [6.45, 7) is 4.36. The quantitative estimate of drug-likeness (QED) is 0.718. The van der Waals surface area contributed by atoms with Crippen molar-refractivity contribution in [2.75, 3.05) is 6.54 Å². The van der Waals surface area contributed by atoms with E-state index in [1.165, 1.54) is 12.1 Å². The van der Waals surface area contributed by atoms with Crippen molar-refractivity contribution >= 4 is 12.4 Å². The second-order valence-electron chi connectivity index (χ2n) is 6.43. The van der Waals surface area contributed by atoms with E-state index in [0.29, 0.717) is 13.0 Å².